The van der Waals surface area contributed by atoms with Crippen LogP contribution in [0.15, 0.2) is 23.1 Å². The summed E-state index contributed by atoms with van der Waals surface area (Å²) in [6.45, 7) is 8.60. The number of benzene rings is 1. The zero-order valence-electron chi connectivity index (χ0n) is 13.9. The van der Waals surface area contributed by atoms with Gasteiger partial charge < -0.3 is 4.74 Å². The van der Waals surface area contributed by atoms with Gasteiger partial charge in [0.1, 0.15) is 5.82 Å². The van der Waals surface area contributed by atoms with Gasteiger partial charge in [-0.1, -0.05) is 0 Å². The minimum absolute atomic E-state index is 0.132. The number of rotatable bonds is 6. The molecule has 23 heavy (non-hydrogen) atoms. The Bertz CT molecular complexity index is 626. The van der Waals surface area contributed by atoms with E-state index in [0.29, 0.717) is 12.1 Å². The second-order valence-electron chi connectivity index (χ2n) is 6.18. The third kappa shape index (κ3) is 5.24. The Morgan fingerprint density at radius 3 is 2.57 bits per heavy atom. The molecular formula is C16H25FN2O3S. The molecule has 0 saturated carbocycles. The Morgan fingerprint density at radius 2 is 1.96 bits per heavy atom. The van der Waals surface area contributed by atoms with Crippen LogP contribution < -0.4 is 4.72 Å². The zero-order valence-corrected chi connectivity index (χ0v) is 14.7. The summed E-state index contributed by atoms with van der Waals surface area (Å²) in [7, 11) is -3.59. The van der Waals surface area contributed by atoms with Crippen molar-refractivity contribution in [2.45, 2.75) is 44.3 Å². The van der Waals surface area contributed by atoms with E-state index in [1.807, 2.05) is 13.8 Å². The molecule has 2 rings (SSSR count). The summed E-state index contributed by atoms with van der Waals surface area (Å²) in [6.07, 6.45) is 1.13. The van der Waals surface area contributed by atoms with Crippen molar-refractivity contribution in [3.05, 3.63) is 29.6 Å². The summed E-state index contributed by atoms with van der Waals surface area (Å²) >= 11 is 0. The predicted octanol–water partition coefficient (Wildman–Crippen LogP) is 1.91. The minimum Gasteiger partial charge on any atom is -0.373 e. The third-order valence-corrected chi connectivity index (χ3v) is 5.49. The molecule has 1 heterocycles. The third-order valence-electron chi connectivity index (χ3n) is 3.86. The van der Waals surface area contributed by atoms with Gasteiger partial charge in [0.05, 0.1) is 17.1 Å². The van der Waals surface area contributed by atoms with Gasteiger partial charge >= 0.3 is 0 Å². The number of hydrogen-bond acceptors (Lipinski definition) is 4. The highest BCUT2D eigenvalue weighted by atomic mass is 32.2. The van der Waals surface area contributed by atoms with Crippen molar-refractivity contribution < 1.29 is 17.5 Å². The van der Waals surface area contributed by atoms with Gasteiger partial charge in [-0.25, -0.2) is 17.5 Å². The van der Waals surface area contributed by atoms with E-state index in [2.05, 4.69) is 9.62 Å². The standard InChI is InChI=1S/C16H25FN2O3S/c1-12-9-15(17)5-6-16(12)23(20,21)18-7-4-8-19-10-13(2)22-14(3)11-19/h5-6,9,13-14,18H,4,7-8,10-11H2,1-3H3. The number of nitrogens with one attached hydrogen (secondary N) is 1. The molecule has 0 radical (unpaired) electrons. The minimum atomic E-state index is -3.59. The van der Waals surface area contributed by atoms with E-state index in [1.54, 1.807) is 6.92 Å². The monoisotopic (exact) mass is 344 g/mol. The van der Waals surface area contributed by atoms with Crippen LogP contribution in [0.4, 0.5) is 4.39 Å². The van der Waals surface area contributed by atoms with Crippen LogP contribution in [-0.2, 0) is 14.8 Å². The molecular weight excluding hydrogens is 319 g/mol. The largest absolute Gasteiger partial charge is 0.373 e. The first-order chi connectivity index (χ1) is 10.8. The van der Waals surface area contributed by atoms with Crippen molar-refractivity contribution in [1.82, 2.24) is 9.62 Å². The second-order valence-corrected chi connectivity index (χ2v) is 7.91. The molecule has 2 unspecified atom stereocenters. The highest BCUT2D eigenvalue weighted by Gasteiger charge is 2.22. The molecule has 0 aromatic heterocycles. The van der Waals surface area contributed by atoms with Gasteiger partial charge in [0.25, 0.3) is 0 Å². The Hall–Kier alpha value is -1.02. The van der Waals surface area contributed by atoms with Gasteiger partial charge in [-0.15, -0.1) is 0 Å². The SMILES string of the molecule is Cc1cc(F)ccc1S(=O)(=O)NCCCN1CC(C)OC(C)C1. The summed E-state index contributed by atoms with van der Waals surface area (Å²) in [4.78, 5) is 2.42. The van der Waals surface area contributed by atoms with Crippen molar-refractivity contribution in [3.63, 3.8) is 0 Å². The molecule has 1 saturated heterocycles. The number of aryl methyl sites for hydroxylation is 1. The molecule has 1 aliphatic heterocycles. The van der Waals surface area contributed by atoms with Crippen molar-refractivity contribution in [1.29, 1.82) is 0 Å². The summed E-state index contributed by atoms with van der Waals surface area (Å²) in [5.41, 5.74) is 0.410. The topological polar surface area (TPSA) is 58.6 Å². The normalized spacial score (nSPS) is 23.1. The van der Waals surface area contributed by atoms with Crippen LogP contribution in [0.2, 0.25) is 0 Å². The lowest BCUT2D eigenvalue weighted by Crippen LogP contribution is -2.46. The highest BCUT2D eigenvalue weighted by Crippen LogP contribution is 2.16. The maximum Gasteiger partial charge on any atom is 0.240 e. The molecule has 7 heteroatoms. The Morgan fingerprint density at radius 1 is 1.30 bits per heavy atom. The maximum absolute atomic E-state index is 13.1. The number of hydrogen-bond donors (Lipinski definition) is 1. The van der Waals surface area contributed by atoms with Gasteiger partial charge in [-0.3, -0.25) is 4.90 Å². The lowest BCUT2D eigenvalue weighted by molar-refractivity contribution is -0.0679. The number of halogens is 1. The van der Waals surface area contributed by atoms with E-state index in [1.165, 1.54) is 12.1 Å². The molecule has 1 fully saturated rings. The number of morpholine rings is 1. The van der Waals surface area contributed by atoms with Crippen LogP contribution in [0.1, 0.15) is 25.8 Å². The van der Waals surface area contributed by atoms with Crippen LogP contribution in [0.5, 0.6) is 0 Å². The van der Waals surface area contributed by atoms with E-state index in [4.69, 9.17) is 4.74 Å². The fourth-order valence-electron chi connectivity index (χ4n) is 2.97. The lowest BCUT2D eigenvalue weighted by atomic mass is 10.2. The fraction of sp³-hybridized carbons (Fsp3) is 0.625. The highest BCUT2D eigenvalue weighted by molar-refractivity contribution is 7.89. The molecule has 5 nitrogen and oxygen atoms in total. The fourth-order valence-corrected chi connectivity index (χ4v) is 4.27. The average molecular weight is 344 g/mol. The zero-order chi connectivity index (χ0) is 17.0. The van der Waals surface area contributed by atoms with Crippen molar-refractivity contribution in [3.8, 4) is 0 Å². The molecule has 1 aliphatic rings. The number of nitrogens with zero attached hydrogens (tertiary/aromatic N) is 1. The molecule has 0 aliphatic carbocycles. The molecule has 2 atom stereocenters. The Balaban J connectivity index is 1.83. The summed E-state index contributed by atoms with van der Waals surface area (Å²) in [6, 6.07) is 3.70. The van der Waals surface area contributed by atoms with Crippen LogP contribution in [0.3, 0.4) is 0 Å². The van der Waals surface area contributed by atoms with E-state index < -0.39 is 15.8 Å². The number of sulfonamides is 1. The first-order valence-electron chi connectivity index (χ1n) is 7.91. The van der Waals surface area contributed by atoms with Crippen LogP contribution in [0.25, 0.3) is 0 Å². The lowest BCUT2D eigenvalue weighted by Gasteiger charge is -2.35. The maximum atomic E-state index is 13.1. The Kier molecular flexibility index (Phi) is 6.13. The van der Waals surface area contributed by atoms with Crippen molar-refractivity contribution in [2.24, 2.45) is 0 Å². The predicted molar refractivity (Wildman–Crippen MR) is 87.4 cm³/mol. The first kappa shape index (κ1) is 18.3. The number of ether oxygens (including phenoxy) is 1. The quantitative estimate of drug-likeness (QED) is 0.801. The van der Waals surface area contributed by atoms with Crippen molar-refractivity contribution >= 4 is 10.0 Å². The van der Waals surface area contributed by atoms with Gasteiger partial charge in [-0.2, -0.15) is 0 Å². The molecule has 0 bridgehead atoms. The molecule has 0 spiro atoms. The van der Waals surface area contributed by atoms with Crippen molar-refractivity contribution in [2.75, 3.05) is 26.2 Å². The van der Waals surface area contributed by atoms with E-state index in [-0.39, 0.29) is 17.1 Å². The van der Waals surface area contributed by atoms with Gasteiger partial charge in [0.2, 0.25) is 10.0 Å². The molecule has 1 aromatic rings. The summed E-state index contributed by atoms with van der Waals surface area (Å²) in [5.74, 6) is -0.433. The Labute approximate surface area is 137 Å². The van der Waals surface area contributed by atoms with Crippen LogP contribution in [0, 0.1) is 12.7 Å². The average Bonchev–Trinajstić information content (AvgIpc) is 2.42. The van der Waals surface area contributed by atoms with E-state index >= 15 is 0 Å². The molecule has 1 aromatic carbocycles. The van der Waals surface area contributed by atoms with Crippen LogP contribution in [-0.4, -0.2) is 51.7 Å². The van der Waals surface area contributed by atoms with Crippen LogP contribution >= 0.6 is 0 Å². The van der Waals surface area contributed by atoms with E-state index in [9.17, 15) is 12.8 Å². The second kappa shape index (κ2) is 7.70. The molecule has 1 N–H and O–H groups in total. The van der Waals surface area contributed by atoms with Gasteiger partial charge in [0.15, 0.2) is 0 Å². The van der Waals surface area contributed by atoms with E-state index in [0.717, 1.165) is 32.1 Å². The van der Waals surface area contributed by atoms with Gasteiger partial charge in [-0.05, 0) is 57.5 Å². The van der Waals surface area contributed by atoms with Gasteiger partial charge in [0, 0.05) is 19.6 Å². The molecule has 130 valence electrons. The molecule has 0 amide bonds. The first-order valence-corrected chi connectivity index (χ1v) is 9.40. The summed E-state index contributed by atoms with van der Waals surface area (Å²) in [5, 5.41) is 0. The smallest absolute Gasteiger partial charge is 0.240 e. The summed E-state index contributed by atoms with van der Waals surface area (Å²) < 4.78 is 45.8.